The van der Waals surface area contributed by atoms with Crippen molar-refractivity contribution in [2.45, 2.75) is 37.9 Å². The molecule has 3 nitrogen and oxygen atoms in total. The quantitative estimate of drug-likeness (QED) is 0.791. The van der Waals surface area contributed by atoms with Crippen LogP contribution in [0.3, 0.4) is 0 Å². The van der Waals surface area contributed by atoms with Crippen LogP contribution in [-0.4, -0.2) is 54.7 Å². The summed E-state index contributed by atoms with van der Waals surface area (Å²) in [6.07, 6.45) is 0.592. The van der Waals surface area contributed by atoms with Gasteiger partial charge in [0, 0.05) is 38.8 Å². The summed E-state index contributed by atoms with van der Waals surface area (Å²) in [5.41, 5.74) is 0. The molecule has 2 rings (SSSR count). The molecule has 0 radical (unpaired) electrons. The monoisotopic (exact) mass is 275 g/mol. The smallest absolute Gasteiger partial charge is 0.299 e. The second kappa shape index (κ2) is 6.10. The van der Waals surface area contributed by atoms with E-state index >= 15 is 0 Å². The van der Waals surface area contributed by atoms with Gasteiger partial charge in [-0.2, -0.15) is 18.4 Å². The molecule has 0 amide bonds. The summed E-state index contributed by atoms with van der Waals surface area (Å²) in [6.45, 7) is 2.77. The van der Waals surface area contributed by atoms with E-state index in [-0.39, 0.29) is 6.54 Å². The van der Waals surface area contributed by atoms with E-state index < -0.39 is 12.1 Å². The maximum atomic E-state index is 12.5. The molecular weight excluding hydrogens is 255 g/mol. The highest BCUT2D eigenvalue weighted by molar-refractivity contribution is 4.92. The van der Waals surface area contributed by atoms with Crippen molar-refractivity contribution < 1.29 is 13.2 Å². The standard InChI is InChI=1S/C13H20F3N3/c14-13(15,16)11(9-17)10-18-5-7-19(8-6-18)12-3-1-2-4-12/h11-12H,1-8,10H2. The van der Waals surface area contributed by atoms with E-state index in [1.807, 2.05) is 0 Å². The van der Waals surface area contributed by atoms with Crippen molar-refractivity contribution in [1.82, 2.24) is 9.80 Å². The Balaban J connectivity index is 1.78. The Labute approximate surface area is 112 Å². The average Bonchev–Trinajstić information content (AvgIpc) is 2.89. The second-order valence-corrected chi connectivity index (χ2v) is 5.50. The number of nitrogens with zero attached hydrogens (tertiary/aromatic N) is 3. The molecule has 0 aromatic rings. The van der Waals surface area contributed by atoms with Crippen LogP contribution in [0.2, 0.25) is 0 Å². The molecule has 0 aromatic heterocycles. The first kappa shape index (κ1) is 14.6. The zero-order valence-corrected chi connectivity index (χ0v) is 11.0. The van der Waals surface area contributed by atoms with Gasteiger partial charge >= 0.3 is 6.18 Å². The maximum Gasteiger partial charge on any atom is 0.405 e. The molecule has 1 heterocycles. The molecule has 1 saturated heterocycles. The Bertz CT molecular complexity index is 323. The first-order chi connectivity index (χ1) is 9.00. The van der Waals surface area contributed by atoms with Crippen LogP contribution in [-0.2, 0) is 0 Å². The molecule has 0 bridgehead atoms. The molecule has 1 saturated carbocycles. The molecular formula is C13H20F3N3. The average molecular weight is 275 g/mol. The van der Waals surface area contributed by atoms with E-state index in [2.05, 4.69) is 4.90 Å². The zero-order chi connectivity index (χ0) is 13.9. The number of hydrogen-bond donors (Lipinski definition) is 0. The van der Waals surface area contributed by atoms with Gasteiger partial charge in [-0.1, -0.05) is 12.8 Å². The van der Waals surface area contributed by atoms with Gasteiger partial charge in [0.1, 0.15) is 0 Å². The molecule has 0 spiro atoms. The minimum atomic E-state index is -4.41. The van der Waals surface area contributed by atoms with E-state index in [1.54, 1.807) is 4.90 Å². The number of rotatable bonds is 3. The lowest BCUT2D eigenvalue weighted by Gasteiger charge is -2.38. The fourth-order valence-corrected chi connectivity index (χ4v) is 3.06. The van der Waals surface area contributed by atoms with Crippen molar-refractivity contribution in [1.29, 1.82) is 5.26 Å². The minimum absolute atomic E-state index is 0.182. The molecule has 19 heavy (non-hydrogen) atoms. The van der Waals surface area contributed by atoms with Crippen molar-refractivity contribution in [2.75, 3.05) is 32.7 Å². The number of alkyl halides is 3. The van der Waals surface area contributed by atoms with Crippen LogP contribution >= 0.6 is 0 Å². The van der Waals surface area contributed by atoms with Crippen molar-refractivity contribution in [3.63, 3.8) is 0 Å². The number of hydrogen-bond acceptors (Lipinski definition) is 3. The van der Waals surface area contributed by atoms with Gasteiger partial charge in [0.15, 0.2) is 5.92 Å². The number of nitriles is 1. The molecule has 1 atom stereocenters. The summed E-state index contributed by atoms with van der Waals surface area (Å²) in [5.74, 6) is -1.86. The van der Waals surface area contributed by atoms with E-state index in [0.717, 1.165) is 13.1 Å². The maximum absolute atomic E-state index is 12.5. The lowest BCUT2D eigenvalue weighted by molar-refractivity contribution is -0.164. The van der Waals surface area contributed by atoms with Crippen LogP contribution in [0.4, 0.5) is 13.2 Å². The number of piperazine rings is 1. The van der Waals surface area contributed by atoms with Crippen molar-refractivity contribution in [3.8, 4) is 6.07 Å². The topological polar surface area (TPSA) is 30.3 Å². The first-order valence-electron chi connectivity index (χ1n) is 6.93. The first-order valence-corrected chi connectivity index (χ1v) is 6.93. The number of halogens is 3. The Kier molecular flexibility index (Phi) is 4.69. The summed E-state index contributed by atoms with van der Waals surface area (Å²) in [6, 6.07) is 2.01. The molecule has 2 fully saturated rings. The van der Waals surface area contributed by atoms with Crippen molar-refractivity contribution >= 4 is 0 Å². The normalized spacial score (nSPS) is 25.4. The molecule has 0 aromatic carbocycles. The summed E-state index contributed by atoms with van der Waals surface area (Å²) in [7, 11) is 0. The summed E-state index contributed by atoms with van der Waals surface area (Å²) >= 11 is 0. The second-order valence-electron chi connectivity index (χ2n) is 5.50. The third kappa shape index (κ3) is 3.83. The summed E-state index contributed by atoms with van der Waals surface area (Å²) in [5, 5.41) is 8.61. The van der Waals surface area contributed by atoms with Gasteiger partial charge in [0.05, 0.1) is 6.07 Å². The van der Waals surface area contributed by atoms with Crippen LogP contribution in [0, 0.1) is 17.2 Å². The predicted molar refractivity (Wildman–Crippen MR) is 65.4 cm³/mol. The highest BCUT2D eigenvalue weighted by atomic mass is 19.4. The minimum Gasteiger partial charge on any atom is -0.299 e. The fourth-order valence-electron chi connectivity index (χ4n) is 3.06. The van der Waals surface area contributed by atoms with E-state index in [4.69, 9.17) is 5.26 Å². The molecule has 2 aliphatic rings. The molecule has 1 aliphatic carbocycles. The van der Waals surface area contributed by atoms with Crippen molar-refractivity contribution in [3.05, 3.63) is 0 Å². The third-order valence-corrected chi connectivity index (χ3v) is 4.24. The molecule has 6 heteroatoms. The van der Waals surface area contributed by atoms with Crippen LogP contribution in [0.15, 0.2) is 0 Å². The largest absolute Gasteiger partial charge is 0.405 e. The van der Waals surface area contributed by atoms with Gasteiger partial charge in [-0.3, -0.25) is 9.80 Å². The van der Waals surface area contributed by atoms with Gasteiger partial charge in [0.2, 0.25) is 0 Å². The highest BCUT2D eigenvalue weighted by Crippen LogP contribution is 2.28. The Morgan fingerprint density at radius 1 is 1.11 bits per heavy atom. The molecule has 108 valence electrons. The van der Waals surface area contributed by atoms with Gasteiger partial charge in [0.25, 0.3) is 0 Å². The summed E-state index contributed by atoms with van der Waals surface area (Å²) < 4.78 is 37.6. The lowest BCUT2D eigenvalue weighted by atomic mass is 10.1. The van der Waals surface area contributed by atoms with Gasteiger partial charge in [-0.15, -0.1) is 0 Å². The molecule has 1 aliphatic heterocycles. The zero-order valence-electron chi connectivity index (χ0n) is 11.0. The van der Waals surface area contributed by atoms with Crippen LogP contribution in [0.1, 0.15) is 25.7 Å². The lowest BCUT2D eigenvalue weighted by Crippen LogP contribution is -2.51. The van der Waals surface area contributed by atoms with E-state index in [1.165, 1.54) is 31.8 Å². The highest BCUT2D eigenvalue weighted by Gasteiger charge is 2.41. The van der Waals surface area contributed by atoms with Gasteiger partial charge in [-0.05, 0) is 12.8 Å². The Hall–Kier alpha value is -0.800. The Morgan fingerprint density at radius 3 is 2.16 bits per heavy atom. The molecule has 1 unspecified atom stereocenters. The Morgan fingerprint density at radius 2 is 1.68 bits per heavy atom. The SMILES string of the molecule is N#CC(CN1CCN(C2CCCC2)CC1)C(F)(F)F. The van der Waals surface area contributed by atoms with Crippen LogP contribution < -0.4 is 0 Å². The predicted octanol–water partition coefficient (Wildman–Crippen LogP) is 2.25. The van der Waals surface area contributed by atoms with Gasteiger partial charge < -0.3 is 0 Å². The molecule has 0 N–H and O–H groups in total. The van der Waals surface area contributed by atoms with Gasteiger partial charge in [-0.25, -0.2) is 0 Å². The van der Waals surface area contributed by atoms with Crippen LogP contribution in [0.25, 0.3) is 0 Å². The van der Waals surface area contributed by atoms with E-state index in [0.29, 0.717) is 19.1 Å². The fraction of sp³-hybridized carbons (Fsp3) is 0.923. The summed E-state index contributed by atoms with van der Waals surface area (Å²) in [4.78, 5) is 4.17. The third-order valence-electron chi connectivity index (χ3n) is 4.24. The van der Waals surface area contributed by atoms with Crippen molar-refractivity contribution in [2.24, 2.45) is 5.92 Å². The van der Waals surface area contributed by atoms with Crippen LogP contribution in [0.5, 0.6) is 0 Å². The van der Waals surface area contributed by atoms with E-state index in [9.17, 15) is 13.2 Å².